The fourth-order valence-electron chi connectivity index (χ4n) is 8.00. The van der Waals surface area contributed by atoms with Crippen molar-refractivity contribution < 1.29 is 4.42 Å². The van der Waals surface area contributed by atoms with Gasteiger partial charge in [-0.15, -0.1) is 0 Å². The molecule has 2 unspecified atom stereocenters. The molecule has 6 aromatic rings. The molecular weight excluding hydrogens is 607 g/mol. The Morgan fingerprint density at radius 1 is 0.600 bits per heavy atom. The molecule has 0 fully saturated rings. The second kappa shape index (κ2) is 13.2. The van der Waals surface area contributed by atoms with Gasteiger partial charge in [-0.25, -0.2) is 0 Å². The van der Waals surface area contributed by atoms with Crippen LogP contribution in [0.1, 0.15) is 47.6 Å². The molecule has 3 aliphatic rings. The third kappa shape index (κ3) is 5.67. The quantitative estimate of drug-likeness (QED) is 0.172. The molecule has 3 aliphatic carbocycles. The maximum atomic E-state index is 6.61. The molecule has 2 heteroatoms. The predicted molar refractivity (Wildman–Crippen MR) is 209 cm³/mol. The lowest BCUT2D eigenvalue weighted by Gasteiger charge is -2.37. The molecule has 0 saturated heterocycles. The van der Waals surface area contributed by atoms with Crippen molar-refractivity contribution in [2.75, 3.05) is 4.90 Å². The standard InChI is InChI=1S/C48H39NO/c1-4-13-34(14-5-1)36-23-27-39(28-24-36)49(40-29-25-37(26-30-40)35-15-6-2-7-16-35)41-31-32-42(46(33-41)38-17-8-3-9-18-38)44-20-12-21-45-43-19-10-11-22-47(43)50-48(44)45/h1-11,13-20,22-25,27-32,37,41H,12,21,26,33H2. The summed E-state index contributed by atoms with van der Waals surface area (Å²) in [6, 6.07) is 50.2. The number of furan rings is 1. The first-order valence-corrected chi connectivity index (χ1v) is 17.9. The van der Waals surface area contributed by atoms with Crippen LogP contribution in [0.3, 0.4) is 0 Å². The Morgan fingerprint density at radius 2 is 1.28 bits per heavy atom. The Balaban J connectivity index is 1.12. The highest BCUT2D eigenvalue weighted by Crippen LogP contribution is 2.45. The first kappa shape index (κ1) is 30.2. The van der Waals surface area contributed by atoms with E-state index in [2.05, 4.69) is 181 Å². The van der Waals surface area contributed by atoms with Crippen molar-refractivity contribution >= 4 is 27.8 Å². The zero-order chi connectivity index (χ0) is 33.3. The molecule has 0 saturated carbocycles. The molecule has 1 heterocycles. The van der Waals surface area contributed by atoms with E-state index >= 15 is 0 Å². The van der Waals surface area contributed by atoms with Crippen molar-refractivity contribution in [3.05, 3.63) is 210 Å². The van der Waals surface area contributed by atoms with E-state index in [1.54, 1.807) is 0 Å². The molecule has 9 rings (SSSR count). The van der Waals surface area contributed by atoms with Gasteiger partial charge in [0.05, 0.1) is 6.04 Å². The van der Waals surface area contributed by atoms with Crippen molar-refractivity contribution in [3.63, 3.8) is 0 Å². The average Bonchev–Trinajstić information content (AvgIpc) is 3.59. The third-order valence-corrected chi connectivity index (χ3v) is 10.5. The fraction of sp³-hybridized carbons (Fsp3) is 0.125. The van der Waals surface area contributed by atoms with Crippen LogP contribution in [0.5, 0.6) is 0 Å². The average molecular weight is 646 g/mol. The monoisotopic (exact) mass is 645 g/mol. The highest BCUT2D eigenvalue weighted by Gasteiger charge is 2.30. The van der Waals surface area contributed by atoms with Crippen LogP contribution >= 0.6 is 0 Å². The van der Waals surface area contributed by atoms with Crippen molar-refractivity contribution in [2.24, 2.45) is 0 Å². The maximum absolute atomic E-state index is 6.61. The van der Waals surface area contributed by atoms with Crippen LogP contribution in [0.15, 0.2) is 192 Å². The molecule has 0 aliphatic heterocycles. The van der Waals surface area contributed by atoms with E-state index in [4.69, 9.17) is 4.42 Å². The molecule has 0 spiro atoms. The highest BCUT2D eigenvalue weighted by atomic mass is 16.3. The Kier molecular flexibility index (Phi) is 7.99. The second-order valence-electron chi connectivity index (χ2n) is 13.5. The summed E-state index contributed by atoms with van der Waals surface area (Å²) in [6.45, 7) is 0. The van der Waals surface area contributed by atoms with Gasteiger partial charge < -0.3 is 9.32 Å². The molecule has 2 nitrogen and oxygen atoms in total. The summed E-state index contributed by atoms with van der Waals surface area (Å²) in [5.74, 6) is 1.41. The molecule has 242 valence electrons. The first-order valence-electron chi connectivity index (χ1n) is 17.9. The highest BCUT2D eigenvalue weighted by molar-refractivity contribution is 5.97. The maximum Gasteiger partial charge on any atom is 0.138 e. The van der Waals surface area contributed by atoms with Crippen molar-refractivity contribution in [1.82, 2.24) is 0 Å². The van der Waals surface area contributed by atoms with Gasteiger partial charge in [-0.2, -0.15) is 0 Å². The Morgan fingerprint density at radius 3 is 2.02 bits per heavy atom. The molecule has 50 heavy (non-hydrogen) atoms. The van der Waals surface area contributed by atoms with Crippen LogP contribution in [0, 0.1) is 0 Å². The van der Waals surface area contributed by atoms with Crippen LogP contribution in [0.4, 0.5) is 5.69 Å². The summed E-state index contributed by atoms with van der Waals surface area (Å²) in [6.07, 6.45) is 18.2. The second-order valence-corrected chi connectivity index (χ2v) is 13.5. The van der Waals surface area contributed by atoms with E-state index < -0.39 is 0 Å². The Bertz CT molecular complexity index is 2300. The van der Waals surface area contributed by atoms with Gasteiger partial charge in [-0.05, 0) is 83.4 Å². The SMILES string of the molecule is C1=CC(c2ccccc2)CC=C1N(c1ccc(-c2ccccc2)cc1)C1C=CC(C2=CCCc3c2oc2ccccc32)=C(c2ccccc2)C1. The summed E-state index contributed by atoms with van der Waals surface area (Å²) >= 11 is 0. The molecule has 0 bridgehead atoms. The minimum absolute atomic E-state index is 0.125. The summed E-state index contributed by atoms with van der Waals surface area (Å²) in [7, 11) is 0. The summed E-state index contributed by atoms with van der Waals surface area (Å²) < 4.78 is 6.61. The Hall–Kier alpha value is -5.86. The lowest BCUT2D eigenvalue weighted by Crippen LogP contribution is -2.35. The fourth-order valence-corrected chi connectivity index (χ4v) is 8.00. The number of nitrogens with zero attached hydrogens (tertiary/aromatic N) is 1. The van der Waals surface area contributed by atoms with Gasteiger partial charge in [0.15, 0.2) is 0 Å². The number of allylic oxidation sites excluding steroid dienone is 7. The number of benzene rings is 5. The van der Waals surface area contributed by atoms with Crippen LogP contribution in [0.2, 0.25) is 0 Å². The molecule has 5 aromatic carbocycles. The predicted octanol–water partition coefficient (Wildman–Crippen LogP) is 12.3. The van der Waals surface area contributed by atoms with E-state index in [1.165, 1.54) is 61.3 Å². The minimum Gasteiger partial charge on any atom is -0.456 e. The molecule has 0 N–H and O–H groups in total. The summed E-state index contributed by atoms with van der Waals surface area (Å²) in [5, 5.41) is 1.24. The van der Waals surface area contributed by atoms with Crippen LogP contribution in [0.25, 0.3) is 33.2 Å². The topological polar surface area (TPSA) is 16.4 Å². The van der Waals surface area contributed by atoms with E-state index in [0.717, 1.165) is 37.0 Å². The van der Waals surface area contributed by atoms with Crippen molar-refractivity contribution in [3.8, 4) is 11.1 Å². The van der Waals surface area contributed by atoms with E-state index in [0.29, 0.717) is 5.92 Å². The molecule has 0 radical (unpaired) electrons. The van der Waals surface area contributed by atoms with Crippen molar-refractivity contribution in [1.29, 1.82) is 0 Å². The lowest BCUT2D eigenvalue weighted by molar-refractivity contribution is 0.591. The number of para-hydroxylation sites is 1. The third-order valence-electron chi connectivity index (χ3n) is 10.5. The van der Waals surface area contributed by atoms with Crippen LogP contribution < -0.4 is 4.90 Å². The lowest BCUT2D eigenvalue weighted by atomic mass is 9.81. The number of hydrogen-bond acceptors (Lipinski definition) is 2. The van der Waals surface area contributed by atoms with Gasteiger partial charge in [0.1, 0.15) is 11.3 Å². The van der Waals surface area contributed by atoms with Gasteiger partial charge in [-0.1, -0.05) is 152 Å². The number of aryl methyl sites for hydroxylation is 1. The van der Waals surface area contributed by atoms with Crippen molar-refractivity contribution in [2.45, 2.75) is 37.6 Å². The van der Waals surface area contributed by atoms with Crippen LogP contribution in [-0.4, -0.2) is 6.04 Å². The molecular formula is C48H39NO. The largest absolute Gasteiger partial charge is 0.456 e. The van der Waals surface area contributed by atoms with Gasteiger partial charge in [0.2, 0.25) is 0 Å². The van der Waals surface area contributed by atoms with Gasteiger partial charge in [0, 0.05) is 33.8 Å². The van der Waals surface area contributed by atoms with E-state index in [-0.39, 0.29) is 6.04 Å². The molecule has 0 amide bonds. The van der Waals surface area contributed by atoms with Gasteiger partial charge >= 0.3 is 0 Å². The Labute approximate surface area is 294 Å². The first-order chi connectivity index (χ1) is 24.8. The minimum atomic E-state index is 0.125. The number of fused-ring (bicyclic) bond motifs is 3. The zero-order valence-electron chi connectivity index (χ0n) is 28.1. The zero-order valence-corrected chi connectivity index (χ0v) is 28.1. The van der Waals surface area contributed by atoms with Gasteiger partial charge in [-0.3, -0.25) is 0 Å². The number of rotatable bonds is 7. The number of anilines is 1. The summed E-state index contributed by atoms with van der Waals surface area (Å²) in [5.41, 5.74) is 13.7. The smallest absolute Gasteiger partial charge is 0.138 e. The number of hydrogen-bond donors (Lipinski definition) is 0. The normalized spacial score (nSPS) is 18.5. The van der Waals surface area contributed by atoms with E-state index in [9.17, 15) is 0 Å². The molecule has 2 atom stereocenters. The van der Waals surface area contributed by atoms with Gasteiger partial charge in [0.25, 0.3) is 0 Å². The molecule has 1 aromatic heterocycles. The summed E-state index contributed by atoms with van der Waals surface area (Å²) in [4.78, 5) is 2.55. The van der Waals surface area contributed by atoms with E-state index in [1.807, 2.05) is 0 Å². The van der Waals surface area contributed by atoms with Crippen LogP contribution in [-0.2, 0) is 6.42 Å².